The zero-order valence-corrected chi connectivity index (χ0v) is 64.7. The Morgan fingerprint density at radius 3 is 1.11 bits per heavy atom. The maximum Gasteiger partial charge on any atom is 0.148 e. The molecule has 0 saturated heterocycles. The molecule has 0 fully saturated rings. The summed E-state index contributed by atoms with van der Waals surface area (Å²) in [5.41, 5.74) is 18.5. The molecule has 2 N–H and O–H groups in total. The Morgan fingerprint density at radius 1 is 0.330 bits per heavy atom. The van der Waals surface area contributed by atoms with Crippen LogP contribution >= 0.6 is 0 Å². The maximum absolute atomic E-state index is 8.23. The summed E-state index contributed by atoms with van der Waals surface area (Å²) < 4.78 is 29.2. The van der Waals surface area contributed by atoms with Crippen molar-refractivity contribution in [2.45, 2.75) is 50.4 Å². The predicted molar refractivity (Wildman–Crippen MR) is 435 cm³/mol. The molecule has 17 aromatic rings. The normalized spacial score (nSPS) is 13.2. The molecule has 109 heavy (non-hydrogen) atoms. The van der Waals surface area contributed by atoms with E-state index < -0.39 is 17.8 Å². The van der Waals surface area contributed by atoms with Crippen molar-refractivity contribution in [2.24, 2.45) is 0 Å². The molecule has 0 spiro atoms. The minimum Gasteiger partial charge on any atom is -0.319 e. The van der Waals surface area contributed by atoms with Gasteiger partial charge < -0.3 is 9.13 Å². The van der Waals surface area contributed by atoms with Gasteiger partial charge in [-0.3, -0.25) is 0 Å². The van der Waals surface area contributed by atoms with E-state index in [1.807, 2.05) is 83.2 Å². The van der Waals surface area contributed by atoms with Gasteiger partial charge in [0.25, 0.3) is 0 Å². The largest absolute Gasteiger partial charge is 0.319 e. The van der Waals surface area contributed by atoms with Gasteiger partial charge in [-0.15, -0.1) is 72.5 Å². The van der Waals surface area contributed by atoms with Gasteiger partial charge in [-0.05, 0) is 129 Å². The molecule has 2 aliphatic heterocycles. The zero-order valence-electron chi connectivity index (χ0n) is 63.2. The second kappa shape index (κ2) is 30.1. The molecular formula is C97H76N8O2Pt2-2. The van der Waals surface area contributed by atoms with Crippen LogP contribution in [-0.2, 0) is 53.0 Å². The zero-order chi connectivity index (χ0) is 74.7. The number of para-hydroxylation sites is 7. The molecule has 10 nitrogen and oxygen atoms in total. The summed E-state index contributed by atoms with van der Waals surface area (Å²) in [5, 5.41) is 11.3. The van der Waals surface area contributed by atoms with Crippen molar-refractivity contribution < 1.29 is 56.1 Å². The van der Waals surface area contributed by atoms with Crippen LogP contribution in [0.25, 0.3) is 55.2 Å². The second-order valence-electron chi connectivity index (χ2n) is 27.8. The molecule has 4 aromatic heterocycles. The van der Waals surface area contributed by atoms with Gasteiger partial charge in [0.05, 0.1) is 11.1 Å². The van der Waals surface area contributed by atoms with Crippen molar-refractivity contribution >= 4 is 83.4 Å². The number of pyridine rings is 2. The van der Waals surface area contributed by atoms with Gasteiger partial charge in [0, 0.05) is 87.8 Å². The molecule has 0 amide bonds. The van der Waals surface area contributed by atoms with Crippen LogP contribution in [0.3, 0.4) is 0 Å². The fraction of sp³-hybridized carbons (Fsp3) is 0.0928. The molecule has 19 rings (SSSR count). The minimum atomic E-state index is -2.47. The molecule has 12 heteroatoms. The number of hydrogen-bond acceptors (Lipinski definition) is 6. The predicted octanol–water partition coefficient (Wildman–Crippen LogP) is 23.1. The number of aromatic nitrogens is 4. The van der Waals surface area contributed by atoms with Crippen LogP contribution in [-0.4, -0.2) is 36.0 Å². The number of nitrogens with zero attached hydrogens (tertiary/aromatic N) is 8. The number of hydroxylamine groups is 1. The van der Waals surface area contributed by atoms with Crippen molar-refractivity contribution in [1.82, 2.24) is 19.1 Å². The van der Waals surface area contributed by atoms with Gasteiger partial charge in [0.1, 0.15) is 40.1 Å². The van der Waals surface area contributed by atoms with Gasteiger partial charge >= 0.3 is 0 Å². The molecule has 13 aromatic carbocycles. The van der Waals surface area contributed by atoms with E-state index in [9.17, 15) is 0 Å². The number of benzene rings is 13. The Balaban J connectivity index is 0.000000167. The SMILES string of the molecule is CC(C)c1ccnc(-n2c3[c-]c(C(c4[c-]c(N5[OH+]N(c6ccccc6)c6ccccc65)ccc4)(c4ccccc4)c4ccccc4)ccc3c3ccccc32)c1.[2H]C([2H])([2H])N1[OH+]N(c2[c-]c(C(c3[c-]c4c(cc3)c3ccccc3n4-c3cc(C(C)C)ccn3)(c3ccccc3)c3ccccc3)ccc2)c2ccccc21.[Pt].[Pt]. The monoisotopic (exact) mass is 1780 g/mol. The summed E-state index contributed by atoms with van der Waals surface area (Å²) >= 11 is 0. The summed E-state index contributed by atoms with van der Waals surface area (Å²) in [6.07, 6.45) is 3.82. The van der Waals surface area contributed by atoms with E-state index in [0.29, 0.717) is 28.9 Å². The summed E-state index contributed by atoms with van der Waals surface area (Å²) in [6, 6.07) is 131. The van der Waals surface area contributed by atoms with Crippen LogP contribution in [0.4, 0.5) is 39.8 Å². The summed E-state index contributed by atoms with van der Waals surface area (Å²) in [5.74, 6) is 2.43. The Bertz CT molecular complexity index is 6160. The third-order valence-corrected chi connectivity index (χ3v) is 21.0. The molecule has 0 aliphatic carbocycles. The van der Waals surface area contributed by atoms with Gasteiger partial charge in [-0.25, -0.2) is 9.97 Å². The Kier molecular flexibility index (Phi) is 18.8. The molecule has 0 bridgehead atoms. The van der Waals surface area contributed by atoms with Crippen LogP contribution in [0.2, 0.25) is 0 Å². The first-order valence-corrected chi connectivity index (χ1v) is 36.4. The van der Waals surface area contributed by atoms with Gasteiger partial charge in [-0.1, -0.05) is 244 Å². The first kappa shape index (κ1) is 67.8. The average molecular weight is 1780 g/mol. The number of fused-ring (bicyclic) bond motifs is 8. The summed E-state index contributed by atoms with van der Waals surface area (Å²) in [4.78, 5) is 19.7. The standard InChI is InChI=1S/C51H38N4O.C46H36N4O.2Pt/c1-36(2)37-31-32-52-50(33-37)53-46-26-13-12-25-44(46)45-30-29-41(35-49(45)53)51(38-17-6-3-7-18-38,39-19-8-4-9-20-39)40-21-16-24-43(34-40)55-48-28-15-14-27-47(48)54(56-55)42-22-10-5-11-23-42;1-32(2)33-27-28-47-45(29-33)49-41-22-11-10-21-39(41)40-26-25-37(31-44(40)49)46(34-15-6-4-7-16-34,35-17-8-5-9-18-35)36-19-14-20-38(30-36)50-43-24-13-12-23-42(43)48(3)51-50;;/h3-33,36H,1-2H3;4-29,32H,1-3H3;;/q2*-2;;/p+2/i;3D3;;. The number of hydrogen-bond donors (Lipinski definition) is 0. The van der Waals surface area contributed by atoms with Gasteiger partial charge in [0.2, 0.25) is 0 Å². The summed E-state index contributed by atoms with van der Waals surface area (Å²) in [6.45, 7) is 6.38. The van der Waals surface area contributed by atoms with E-state index in [1.165, 1.54) is 11.1 Å². The number of rotatable bonds is 15. The minimum absolute atomic E-state index is 0. The third kappa shape index (κ3) is 12.4. The van der Waals surface area contributed by atoms with E-state index in [0.717, 1.165) is 128 Å². The fourth-order valence-corrected chi connectivity index (χ4v) is 15.9. The van der Waals surface area contributed by atoms with Gasteiger partial charge in [0.15, 0.2) is 0 Å². The summed E-state index contributed by atoms with van der Waals surface area (Å²) in [7, 11) is 0. The first-order chi connectivity index (χ1) is 53.9. The van der Waals surface area contributed by atoms with Crippen molar-refractivity contribution in [2.75, 3.05) is 27.2 Å². The molecule has 538 valence electrons. The number of anilines is 7. The Labute approximate surface area is 668 Å². The Hall–Kier alpha value is -11.7. The van der Waals surface area contributed by atoms with E-state index in [2.05, 4.69) is 333 Å². The van der Waals surface area contributed by atoms with Crippen LogP contribution in [0.5, 0.6) is 0 Å². The molecule has 0 unspecified atom stereocenters. The molecule has 0 atom stereocenters. The first-order valence-electron chi connectivity index (χ1n) is 37.9. The maximum atomic E-state index is 8.23. The van der Waals surface area contributed by atoms with E-state index in [4.69, 9.17) is 19.0 Å². The molecule has 2 aliphatic rings. The quantitative estimate of drug-likeness (QED) is 0.0578. The van der Waals surface area contributed by atoms with Crippen LogP contribution in [0, 0.1) is 24.3 Å². The van der Waals surface area contributed by atoms with Crippen molar-refractivity contribution in [3.63, 3.8) is 0 Å². The van der Waals surface area contributed by atoms with Crippen LogP contribution in [0.15, 0.2) is 346 Å². The average Bonchev–Trinajstić information content (AvgIpc) is 1.44. The fourth-order valence-electron chi connectivity index (χ4n) is 15.9. The van der Waals surface area contributed by atoms with Crippen molar-refractivity contribution in [3.8, 4) is 11.6 Å². The smallest absolute Gasteiger partial charge is 0.148 e. The molecule has 0 saturated carbocycles. The van der Waals surface area contributed by atoms with Crippen LogP contribution < -0.4 is 20.3 Å². The van der Waals surface area contributed by atoms with E-state index in [1.54, 1.807) is 11.1 Å². The van der Waals surface area contributed by atoms with E-state index in [-0.39, 0.29) is 42.1 Å². The molecular weight excluding hydrogens is 1700 g/mol. The van der Waals surface area contributed by atoms with Gasteiger partial charge in [-0.2, -0.15) is 70.5 Å². The van der Waals surface area contributed by atoms with Crippen LogP contribution in [0.1, 0.15) is 99.3 Å². The topological polar surface area (TPSA) is 74.2 Å². The van der Waals surface area contributed by atoms with Crippen molar-refractivity contribution in [1.29, 1.82) is 0 Å². The molecule has 0 radical (unpaired) electrons. The second-order valence-corrected chi connectivity index (χ2v) is 27.8. The van der Waals surface area contributed by atoms with E-state index >= 15 is 0 Å². The molecule has 6 heterocycles. The Morgan fingerprint density at radius 2 is 0.688 bits per heavy atom. The van der Waals surface area contributed by atoms with Crippen molar-refractivity contribution in [3.05, 3.63) is 426 Å². The third-order valence-electron chi connectivity index (χ3n) is 21.0.